The predicted molar refractivity (Wildman–Crippen MR) is 55.6 cm³/mol. The van der Waals surface area contributed by atoms with E-state index in [9.17, 15) is 19.2 Å². The lowest BCUT2D eigenvalue weighted by Crippen LogP contribution is -2.51. The van der Waals surface area contributed by atoms with Gasteiger partial charge in [0.2, 0.25) is 11.8 Å². The SMILES string of the molecule is CC(NC(=O)N(CC(N)=O)CC(=O)O)C(N)=O. The van der Waals surface area contributed by atoms with Crippen LogP contribution in [0, 0.1) is 0 Å². The maximum absolute atomic E-state index is 11.5. The number of nitrogens with zero attached hydrogens (tertiary/aromatic N) is 1. The van der Waals surface area contributed by atoms with Crippen molar-refractivity contribution >= 4 is 23.8 Å². The third-order valence-electron chi connectivity index (χ3n) is 1.73. The lowest BCUT2D eigenvalue weighted by atomic mass is 10.3. The Bertz CT molecular complexity index is 327. The molecule has 96 valence electrons. The molecule has 0 aromatic rings. The van der Waals surface area contributed by atoms with Gasteiger partial charge >= 0.3 is 12.0 Å². The largest absolute Gasteiger partial charge is 0.480 e. The summed E-state index contributed by atoms with van der Waals surface area (Å²) in [5, 5.41) is 10.7. The van der Waals surface area contributed by atoms with E-state index in [2.05, 4.69) is 5.32 Å². The molecule has 17 heavy (non-hydrogen) atoms. The average molecular weight is 246 g/mol. The van der Waals surface area contributed by atoms with Crippen LogP contribution in [-0.4, -0.2) is 53.0 Å². The molecule has 0 aliphatic carbocycles. The van der Waals surface area contributed by atoms with Gasteiger partial charge in [0.1, 0.15) is 19.1 Å². The highest BCUT2D eigenvalue weighted by molar-refractivity contribution is 5.89. The fourth-order valence-corrected chi connectivity index (χ4v) is 0.899. The first-order chi connectivity index (χ1) is 7.73. The summed E-state index contributed by atoms with van der Waals surface area (Å²) in [6.45, 7) is 0.0489. The third kappa shape index (κ3) is 5.97. The molecule has 0 aliphatic rings. The van der Waals surface area contributed by atoms with Crippen LogP contribution in [0.5, 0.6) is 0 Å². The van der Waals surface area contributed by atoms with E-state index in [1.807, 2.05) is 0 Å². The number of carboxylic acid groups (broad SMARTS) is 1. The molecule has 4 amide bonds. The van der Waals surface area contributed by atoms with Gasteiger partial charge in [-0.3, -0.25) is 14.4 Å². The predicted octanol–water partition coefficient (Wildman–Crippen LogP) is -2.56. The van der Waals surface area contributed by atoms with Crippen LogP contribution in [0.25, 0.3) is 0 Å². The normalized spacial score (nSPS) is 11.4. The van der Waals surface area contributed by atoms with Gasteiger partial charge in [-0.25, -0.2) is 4.79 Å². The van der Waals surface area contributed by atoms with Crippen molar-refractivity contribution in [2.45, 2.75) is 13.0 Å². The van der Waals surface area contributed by atoms with Crippen LogP contribution >= 0.6 is 0 Å². The highest BCUT2D eigenvalue weighted by atomic mass is 16.4. The van der Waals surface area contributed by atoms with E-state index in [1.54, 1.807) is 0 Å². The Labute approximate surface area is 96.7 Å². The van der Waals surface area contributed by atoms with E-state index in [-0.39, 0.29) is 0 Å². The van der Waals surface area contributed by atoms with Gasteiger partial charge in [-0.1, -0.05) is 0 Å². The molecular formula is C8H14N4O5. The van der Waals surface area contributed by atoms with Crippen LogP contribution in [-0.2, 0) is 14.4 Å². The molecule has 9 heteroatoms. The molecule has 1 atom stereocenters. The maximum atomic E-state index is 11.5. The summed E-state index contributed by atoms with van der Waals surface area (Å²) in [5.41, 5.74) is 9.76. The van der Waals surface area contributed by atoms with Crippen LogP contribution in [0.3, 0.4) is 0 Å². The number of carboxylic acids is 1. The molecule has 0 aliphatic heterocycles. The maximum Gasteiger partial charge on any atom is 0.323 e. The highest BCUT2D eigenvalue weighted by Crippen LogP contribution is 1.91. The number of amides is 4. The molecule has 9 nitrogen and oxygen atoms in total. The van der Waals surface area contributed by atoms with E-state index in [4.69, 9.17) is 16.6 Å². The van der Waals surface area contributed by atoms with Crippen LogP contribution in [0.4, 0.5) is 4.79 Å². The molecule has 0 radical (unpaired) electrons. The van der Waals surface area contributed by atoms with Crippen LogP contribution in [0.1, 0.15) is 6.92 Å². The van der Waals surface area contributed by atoms with Crippen LogP contribution in [0.15, 0.2) is 0 Å². The second-order valence-corrected chi connectivity index (χ2v) is 3.29. The smallest absolute Gasteiger partial charge is 0.323 e. The highest BCUT2D eigenvalue weighted by Gasteiger charge is 2.21. The Hall–Kier alpha value is -2.32. The number of rotatable bonds is 6. The molecule has 0 aromatic carbocycles. The Morgan fingerprint density at radius 1 is 1.24 bits per heavy atom. The standard InChI is InChI=1S/C8H14N4O5/c1-4(7(10)16)11-8(17)12(2-5(9)13)3-6(14)15/h4H,2-3H2,1H3,(H2,9,13)(H2,10,16)(H,11,17)(H,14,15). The van der Waals surface area contributed by atoms with Gasteiger partial charge in [0.05, 0.1) is 0 Å². The van der Waals surface area contributed by atoms with Crippen LogP contribution in [0.2, 0.25) is 0 Å². The molecule has 0 fully saturated rings. The summed E-state index contributed by atoms with van der Waals surface area (Å²) in [6, 6.07) is -1.89. The first kappa shape index (κ1) is 14.7. The molecule has 0 aromatic heterocycles. The van der Waals surface area contributed by atoms with Gasteiger partial charge in [-0.05, 0) is 6.92 Å². The number of hydrogen-bond acceptors (Lipinski definition) is 4. The molecule has 0 heterocycles. The first-order valence-electron chi connectivity index (χ1n) is 4.59. The molecule has 6 N–H and O–H groups in total. The lowest BCUT2D eigenvalue weighted by Gasteiger charge is -2.21. The number of carbonyl (C=O) groups excluding carboxylic acids is 3. The van der Waals surface area contributed by atoms with Crippen molar-refractivity contribution in [3.05, 3.63) is 0 Å². The number of carbonyl (C=O) groups is 4. The van der Waals surface area contributed by atoms with Crippen molar-refractivity contribution in [1.82, 2.24) is 10.2 Å². The number of aliphatic carboxylic acids is 1. The molecule has 0 saturated heterocycles. The van der Waals surface area contributed by atoms with Crippen molar-refractivity contribution < 1.29 is 24.3 Å². The Morgan fingerprint density at radius 2 is 1.76 bits per heavy atom. The minimum atomic E-state index is -1.31. The second-order valence-electron chi connectivity index (χ2n) is 3.29. The fourth-order valence-electron chi connectivity index (χ4n) is 0.899. The first-order valence-corrected chi connectivity index (χ1v) is 4.59. The Kier molecular flexibility index (Phi) is 5.44. The van der Waals surface area contributed by atoms with Gasteiger partial charge < -0.3 is 26.8 Å². The van der Waals surface area contributed by atoms with Crippen molar-refractivity contribution in [1.29, 1.82) is 0 Å². The van der Waals surface area contributed by atoms with Crippen LogP contribution < -0.4 is 16.8 Å². The third-order valence-corrected chi connectivity index (χ3v) is 1.73. The van der Waals surface area contributed by atoms with Crippen molar-refractivity contribution in [3.63, 3.8) is 0 Å². The zero-order valence-electron chi connectivity index (χ0n) is 9.17. The fraction of sp³-hybridized carbons (Fsp3) is 0.500. The van der Waals surface area contributed by atoms with Gasteiger partial charge in [0.25, 0.3) is 0 Å². The number of urea groups is 1. The minimum Gasteiger partial charge on any atom is -0.480 e. The monoisotopic (exact) mass is 246 g/mol. The van der Waals surface area contributed by atoms with E-state index >= 15 is 0 Å². The number of hydrogen-bond donors (Lipinski definition) is 4. The molecule has 0 bridgehead atoms. The second kappa shape index (κ2) is 6.30. The molecule has 0 rings (SSSR count). The zero-order valence-corrected chi connectivity index (χ0v) is 9.17. The Morgan fingerprint density at radius 3 is 2.12 bits per heavy atom. The average Bonchev–Trinajstić information content (AvgIpc) is 2.14. The molecular weight excluding hydrogens is 232 g/mol. The summed E-state index contributed by atoms with van der Waals surface area (Å²) in [6.07, 6.45) is 0. The molecule has 1 unspecified atom stereocenters. The Balaban J connectivity index is 4.57. The van der Waals surface area contributed by atoms with Gasteiger partial charge in [0.15, 0.2) is 0 Å². The zero-order chi connectivity index (χ0) is 13.6. The number of primary amides is 2. The lowest BCUT2D eigenvalue weighted by molar-refractivity contribution is -0.137. The van der Waals surface area contributed by atoms with E-state index in [1.165, 1.54) is 6.92 Å². The summed E-state index contributed by atoms with van der Waals surface area (Å²) in [7, 11) is 0. The summed E-state index contributed by atoms with van der Waals surface area (Å²) < 4.78 is 0. The summed E-state index contributed by atoms with van der Waals surface area (Å²) >= 11 is 0. The van der Waals surface area contributed by atoms with Crippen molar-refractivity contribution in [3.8, 4) is 0 Å². The topological polar surface area (TPSA) is 156 Å². The van der Waals surface area contributed by atoms with Gasteiger partial charge in [-0.2, -0.15) is 0 Å². The van der Waals surface area contributed by atoms with Crippen molar-refractivity contribution in [2.75, 3.05) is 13.1 Å². The number of nitrogens with one attached hydrogen (secondary N) is 1. The quantitative estimate of drug-likeness (QED) is 0.405. The van der Waals surface area contributed by atoms with E-state index in [0.717, 1.165) is 0 Å². The number of nitrogens with two attached hydrogens (primary N) is 2. The minimum absolute atomic E-state index is 0.566. The summed E-state index contributed by atoms with van der Waals surface area (Å²) in [5.74, 6) is -2.96. The van der Waals surface area contributed by atoms with Gasteiger partial charge in [-0.15, -0.1) is 0 Å². The van der Waals surface area contributed by atoms with E-state index in [0.29, 0.717) is 4.90 Å². The summed E-state index contributed by atoms with van der Waals surface area (Å²) in [4.78, 5) is 43.9. The molecule has 0 spiro atoms. The molecule has 0 saturated carbocycles. The van der Waals surface area contributed by atoms with E-state index < -0.39 is 42.9 Å². The van der Waals surface area contributed by atoms with Gasteiger partial charge in [0, 0.05) is 0 Å². The van der Waals surface area contributed by atoms with Crippen molar-refractivity contribution in [2.24, 2.45) is 11.5 Å².